The molecule has 2 aromatic carbocycles. The quantitative estimate of drug-likeness (QED) is 0.561. The SMILES string of the molecule is COc1ccc(S(=O)(=O)N2CCC(C(=O)N3CCN(C/C=C/c4ccccc4)CC3)CC2)cc1Cl. The summed E-state index contributed by atoms with van der Waals surface area (Å²) in [6.07, 6.45) is 5.35. The van der Waals surface area contributed by atoms with Gasteiger partial charge in [-0.1, -0.05) is 54.1 Å². The number of carbonyl (C=O) groups is 1. The molecule has 0 aromatic heterocycles. The number of hydrogen-bond donors (Lipinski definition) is 0. The van der Waals surface area contributed by atoms with Crippen LogP contribution in [0.4, 0.5) is 0 Å². The summed E-state index contributed by atoms with van der Waals surface area (Å²) in [6.45, 7) is 4.62. The molecule has 4 rings (SSSR count). The maximum Gasteiger partial charge on any atom is 0.243 e. The number of nitrogens with zero attached hydrogens (tertiary/aromatic N) is 3. The molecule has 35 heavy (non-hydrogen) atoms. The third-order valence-electron chi connectivity index (χ3n) is 6.72. The van der Waals surface area contributed by atoms with Crippen molar-refractivity contribution in [3.8, 4) is 5.75 Å². The average Bonchev–Trinajstić information content (AvgIpc) is 2.89. The van der Waals surface area contributed by atoms with Gasteiger partial charge in [0.25, 0.3) is 0 Å². The minimum absolute atomic E-state index is 0.134. The number of piperazine rings is 1. The van der Waals surface area contributed by atoms with E-state index in [9.17, 15) is 13.2 Å². The van der Waals surface area contributed by atoms with Gasteiger partial charge >= 0.3 is 0 Å². The van der Waals surface area contributed by atoms with Crippen molar-refractivity contribution < 1.29 is 17.9 Å². The maximum atomic E-state index is 13.1. The minimum Gasteiger partial charge on any atom is -0.495 e. The van der Waals surface area contributed by atoms with Gasteiger partial charge in [0.1, 0.15) is 5.75 Å². The van der Waals surface area contributed by atoms with E-state index in [2.05, 4.69) is 29.2 Å². The van der Waals surface area contributed by atoms with Gasteiger partial charge in [0.2, 0.25) is 15.9 Å². The lowest BCUT2D eigenvalue weighted by atomic mass is 9.96. The zero-order valence-electron chi connectivity index (χ0n) is 20.0. The molecular formula is C26H32ClN3O4S. The van der Waals surface area contributed by atoms with E-state index in [0.717, 1.165) is 19.6 Å². The molecule has 0 spiro atoms. The molecule has 2 aromatic rings. The number of sulfonamides is 1. The summed E-state index contributed by atoms with van der Waals surface area (Å²) in [6, 6.07) is 14.7. The monoisotopic (exact) mass is 517 g/mol. The fraction of sp³-hybridized carbons (Fsp3) is 0.423. The van der Waals surface area contributed by atoms with Gasteiger partial charge in [-0.2, -0.15) is 4.31 Å². The van der Waals surface area contributed by atoms with Crippen molar-refractivity contribution in [2.45, 2.75) is 17.7 Å². The van der Waals surface area contributed by atoms with E-state index in [-0.39, 0.29) is 21.7 Å². The number of amides is 1. The van der Waals surface area contributed by atoms with Gasteiger partial charge in [-0.05, 0) is 36.6 Å². The molecule has 1 amide bonds. The Labute approximate surface area is 213 Å². The summed E-state index contributed by atoms with van der Waals surface area (Å²) in [7, 11) is -2.18. The largest absolute Gasteiger partial charge is 0.495 e. The van der Waals surface area contributed by atoms with Gasteiger partial charge in [0.15, 0.2) is 0 Å². The number of hydrogen-bond acceptors (Lipinski definition) is 5. The highest BCUT2D eigenvalue weighted by Gasteiger charge is 2.34. The first-order valence-electron chi connectivity index (χ1n) is 11.9. The molecule has 2 aliphatic rings. The third-order valence-corrected chi connectivity index (χ3v) is 8.91. The highest BCUT2D eigenvalue weighted by Crippen LogP contribution is 2.30. The molecule has 7 nitrogen and oxygen atoms in total. The predicted molar refractivity (Wildman–Crippen MR) is 138 cm³/mol. The van der Waals surface area contributed by atoms with Crippen molar-refractivity contribution in [2.75, 3.05) is 52.9 Å². The van der Waals surface area contributed by atoms with Crippen molar-refractivity contribution in [1.29, 1.82) is 0 Å². The Balaban J connectivity index is 1.25. The number of ether oxygens (including phenoxy) is 1. The second-order valence-corrected chi connectivity index (χ2v) is 11.3. The summed E-state index contributed by atoms with van der Waals surface area (Å²) >= 11 is 6.13. The van der Waals surface area contributed by atoms with Crippen molar-refractivity contribution in [3.05, 3.63) is 65.2 Å². The van der Waals surface area contributed by atoms with Crippen LogP contribution < -0.4 is 4.74 Å². The number of carbonyl (C=O) groups excluding carboxylic acids is 1. The van der Waals surface area contributed by atoms with E-state index >= 15 is 0 Å². The number of halogens is 1. The lowest BCUT2D eigenvalue weighted by Crippen LogP contribution is -2.51. The van der Waals surface area contributed by atoms with Crippen molar-refractivity contribution in [1.82, 2.24) is 14.1 Å². The molecule has 188 valence electrons. The van der Waals surface area contributed by atoms with Crippen LogP contribution in [0.3, 0.4) is 0 Å². The number of rotatable bonds is 7. The van der Waals surface area contributed by atoms with E-state index in [4.69, 9.17) is 16.3 Å². The number of benzene rings is 2. The topological polar surface area (TPSA) is 70.2 Å². The van der Waals surface area contributed by atoms with E-state index < -0.39 is 10.0 Å². The smallest absolute Gasteiger partial charge is 0.243 e. The van der Waals surface area contributed by atoms with Crippen molar-refractivity contribution in [2.24, 2.45) is 5.92 Å². The Morgan fingerprint density at radius 2 is 1.71 bits per heavy atom. The molecule has 9 heteroatoms. The normalized spacial score (nSPS) is 18.7. The molecule has 2 saturated heterocycles. The second-order valence-electron chi connectivity index (χ2n) is 8.91. The van der Waals surface area contributed by atoms with Crippen LogP contribution in [0.25, 0.3) is 6.08 Å². The van der Waals surface area contributed by atoms with Gasteiger partial charge in [-0.25, -0.2) is 8.42 Å². The van der Waals surface area contributed by atoms with Gasteiger partial charge in [-0.15, -0.1) is 0 Å². The van der Waals surface area contributed by atoms with E-state index in [1.54, 1.807) is 6.07 Å². The molecule has 0 atom stereocenters. The van der Waals surface area contributed by atoms with Crippen molar-refractivity contribution >= 4 is 33.6 Å². The number of methoxy groups -OCH3 is 1. The molecule has 0 unspecified atom stereocenters. The first-order chi connectivity index (χ1) is 16.9. The van der Waals surface area contributed by atoms with Crippen molar-refractivity contribution in [3.63, 3.8) is 0 Å². The number of piperidine rings is 1. The Morgan fingerprint density at radius 3 is 2.34 bits per heavy atom. The Hall–Kier alpha value is -2.39. The van der Waals surface area contributed by atoms with Crippen LogP contribution in [0.5, 0.6) is 5.75 Å². The van der Waals surface area contributed by atoms with Crippen LogP contribution in [0.2, 0.25) is 5.02 Å². The summed E-state index contributed by atoms with van der Waals surface area (Å²) < 4.78 is 32.7. The fourth-order valence-electron chi connectivity index (χ4n) is 4.61. The van der Waals surface area contributed by atoms with Gasteiger partial charge in [-0.3, -0.25) is 9.69 Å². The molecule has 0 saturated carbocycles. The van der Waals surface area contributed by atoms with Gasteiger partial charge < -0.3 is 9.64 Å². The van der Waals surface area contributed by atoms with Crippen LogP contribution in [-0.4, -0.2) is 81.4 Å². The maximum absolute atomic E-state index is 13.1. The Morgan fingerprint density at radius 1 is 1.03 bits per heavy atom. The predicted octanol–water partition coefficient (Wildman–Crippen LogP) is 3.61. The average molecular weight is 518 g/mol. The second kappa shape index (κ2) is 11.6. The lowest BCUT2D eigenvalue weighted by molar-refractivity contribution is -0.138. The summed E-state index contributed by atoms with van der Waals surface area (Å²) in [5.41, 5.74) is 1.18. The first-order valence-corrected chi connectivity index (χ1v) is 13.8. The molecule has 0 radical (unpaired) electrons. The van der Waals surface area contributed by atoms with Gasteiger partial charge in [0.05, 0.1) is 17.0 Å². The summed E-state index contributed by atoms with van der Waals surface area (Å²) in [5, 5.41) is 0.258. The molecule has 0 N–H and O–H groups in total. The molecule has 0 aliphatic carbocycles. The zero-order chi connectivity index (χ0) is 24.8. The molecule has 2 heterocycles. The van der Waals surface area contributed by atoms with Crippen LogP contribution >= 0.6 is 11.6 Å². The zero-order valence-corrected chi connectivity index (χ0v) is 21.5. The molecule has 0 bridgehead atoms. The molecule has 2 fully saturated rings. The van der Waals surface area contributed by atoms with Crippen LogP contribution in [0.15, 0.2) is 59.5 Å². The van der Waals surface area contributed by atoms with Crippen LogP contribution in [-0.2, 0) is 14.8 Å². The first kappa shape index (κ1) is 25.7. The van der Waals surface area contributed by atoms with E-state index in [1.165, 1.54) is 29.1 Å². The van der Waals surface area contributed by atoms with E-state index in [1.807, 2.05) is 23.1 Å². The molecular weight excluding hydrogens is 486 g/mol. The Bertz CT molecular complexity index is 1140. The van der Waals surface area contributed by atoms with Gasteiger partial charge in [0, 0.05) is 51.7 Å². The highest BCUT2D eigenvalue weighted by atomic mass is 35.5. The fourth-order valence-corrected chi connectivity index (χ4v) is 6.43. The lowest BCUT2D eigenvalue weighted by Gasteiger charge is -2.38. The minimum atomic E-state index is -3.66. The Kier molecular flexibility index (Phi) is 8.49. The summed E-state index contributed by atoms with van der Waals surface area (Å²) in [4.78, 5) is 17.5. The third kappa shape index (κ3) is 6.25. The van der Waals surface area contributed by atoms with E-state index in [0.29, 0.717) is 44.8 Å². The highest BCUT2D eigenvalue weighted by molar-refractivity contribution is 7.89. The van der Waals surface area contributed by atoms with Crippen LogP contribution in [0, 0.1) is 5.92 Å². The molecule has 2 aliphatic heterocycles. The summed E-state index contributed by atoms with van der Waals surface area (Å²) in [5.74, 6) is 0.446. The van der Waals surface area contributed by atoms with Crippen LogP contribution in [0.1, 0.15) is 18.4 Å². The standard InChI is InChI=1S/C26H32ClN3O4S/c1-34-25-10-9-23(20-24(25)27)35(32,33)30-14-11-22(12-15-30)26(31)29-18-16-28(17-19-29)13-5-8-21-6-3-2-4-7-21/h2-10,20,22H,11-19H2,1H3/b8-5+.